The zero-order valence-electron chi connectivity index (χ0n) is 10.7. The van der Waals surface area contributed by atoms with Crippen molar-refractivity contribution in [3.8, 4) is 0 Å². The first kappa shape index (κ1) is 12.4. The average molecular weight is 224 g/mol. The molecule has 0 radical (unpaired) electrons. The maximum Gasteiger partial charge on any atom is 0.0431 e. The Morgan fingerprint density at radius 1 is 0.875 bits per heavy atom. The third-order valence-electron chi connectivity index (χ3n) is 5.15. The minimum Gasteiger partial charge on any atom is -0.396 e. The molecule has 16 heavy (non-hydrogen) atoms. The Morgan fingerprint density at radius 3 is 2.12 bits per heavy atom. The Morgan fingerprint density at radius 2 is 1.50 bits per heavy atom. The molecule has 0 saturated heterocycles. The fraction of sp³-hybridized carbons (Fsp3) is 1.00. The smallest absolute Gasteiger partial charge is 0.0431 e. The molecule has 0 spiro atoms. The summed E-state index contributed by atoms with van der Waals surface area (Å²) in [7, 11) is 0. The number of aliphatic hydroxyl groups is 1. The first-order valence-electron chi connectivity index (χ1n) is 7.48. The van der Waals surface area contributed by atoms with Crippen LogP contribution in [0.2, 0.25) is 0 Å². The summed E-state index contributed by atoms with van der Waals surface area (Å²) in [5.41, 5.74) is 0.640. The van der Waals surface area contributed by atoms with Crippen LogP contribution in [-0.4, -0.2) is 11.7 Å². The van der Waals surface area contributed by atoms with Crippen LogP contribution in [-0.2, 0) is 0 Å². The van der Waals surface area contributed by atoms with Gasteiger partial charge in [-0.3, -0.25) is 0 Å². The van der Waals surface area contributed by atoms with Crippen LogP contribution >= 0.6 is 0 Å². The monoisotopic (exact) mass is 224 g/mol. The summed E-state index contributed by atoms with van der Waals surface area (Å²) < 4.78 is 0. The van der Waals surface area contributed by atoms with Crippen LogP contribution in [0.3, 0.4) is 0 Å². The molecule has 2 aliphatic rings. The van der Waals surface area contributed by atoms with Gasteiger partial charge in [0.25, 0.3) is 0 Å². The molecule has 1 N–H and O–H groups in total. The molecule has 0 atom stereocenters. The van der Waals surface area contributed by atoms with Crippen molar-refractivity contribution in [3.63, 3.8) is 0 Å². The zero-order chi connectivity index (χ0) is 11.3. The maximum absolute atomic E-state index is 9.11. The third kappa shape index (κ3) is 2.80. The van der Waals surface area contributed by atoms with E-state index >= 15 is 0 Å². The van der Waals surface area contributed by atoms with E-state index in [4.69, 9.17) is 5.11 Å². The lowest BCUT2D eigenvalue weighted by atomic mass is 9.60. The number of hydrogen-bond acceptors (Lipinski definition) is 1. The molecule has 0 aromatic heterocycles. The van der Waals surface area contributed by atoms with E-state index in [1.165, 1.54) is 70.6 Å². The molecule has 94 valence electrons. The highest BCUT2D eigenvalue weighted by molar-refractivity contribution is 4.90. The lowest BCUT2D eigenvalue weighted by Gasteiger charge is -2.46. The summed E-state index contributed by atoms with van der Waals surface area (Å²) >= 11 is 0. The summed E-state index contributed by atoms with van der Waals surface area (Å²) in [6.07, 6.45) is 16.9. The highest BCUT2D eigenvalue weighted by Crippen LogP contribution is 2.50. The molecule has 2 rings (SSSR count). The van der Waals surface area contributed by atoms with E-state index in [2.05, 4.69) is 0 Å². The van der Waals surface area contributed by atoms with E-state index in [0.29, 0.717) is 12.0 Å². The van der Waals surface area contributed by atoms with E-state index in [1.807, 2.05) is 0 Å². The molecule has 2 saturated carbocycles. The first-order chi connectivity index (χ1) is 7.87. The van der Waals surface area contributed by atoms with Crippen LogP contribution in [0.5, 0.6) is 0 Å². The SMILES string of the molecule is OCCCC1(C2CCCCC2)CCCCC1. The van der Waals surface area contributed by atoms with Gasteiger partial charge in [-0.05, 0) is 49.9 Å². The van der Waals surface area contributed by atoms with Gasteiger partial charge in [-0.2, -0.15) is 0 Å². The van der Waals surface area contributed by atoms with Crippen LogP contribution in [0, 0.1) is 11.3 Å². The molecule has 0 aromatic carbocycles. The highest BCUT2D eigenvalue weighted by Gasteiger charge is 2.39. The molecule has 2 aliphatic carbocycles. The lowest BCUT2D eigenvalue weighted by molar-refractivity contribution is 0.0499. The van der Waals surface area contributed by atoms with Gasteiger partial charge in [-0.25, -0.2) is 0 Å². The Balaban J connectivity index is 1.99. The first-order valence-corrected chi connectivity index (χ1v) is 7.48. The van der Waals surface area contributed by atoms with E-state index in [9.17, 15) is 0 Å². The Labute approximate surface area is 101 Å². The molecular formula is C15H28O. The van der Waals surface area contributed by atoms with Gasteiger partial charge in [-0.1, -0.05) is 38.5 Å². The molecular weight excluding hydrogens is 196 g/mol. The van der Waals surface area contributed by atoms with Crippen LogP contribution in [0.25, 0.3) is 0 Å². The summed E-state index contributed by atoms with van der Waals surface area (Å²) in [6, 6.07) is 0. The lowest BCUT2D eigenvalue weighted by Crippen LogP contribution is -2.34. The van der Waals surface area contributed by atoms with Gasteiger partial charge < -0.3 is 5.11 Å². The third-order valence-corrected chi connectivity index (χ3v) is 5.15. The van der Waals surface area contributed by atoms with Crippen LogP contribution in [0.4, 0.5) is 0 Å². The summed E-state index contributed by atoms with van der Waals surface area (Å²) in [5, 5.41) is 9.11. The number of rotatable bonds is 4. The fourth-order valence-corrected chi connectivity index (χ4v) is 4.26. The molecule has 0 unspecified atom stereocenters. The molecule has 0 aromatic rings. The van der Waals surface area contributed by atoms with Gasteiger partial charge in [-0.15, -0.1) is 0 Å². The quantitative estimate of drug-likeness (QED) is 0.755. The molecule has 0 aliphatic heterocycles. The van der Waals surface area contributed by atoms with Crippen LogP contribution in [0.1, 0.15) is 77.0 Å². The topological polar surface area (TPSA) is 20.2 Å². The molecule has 1 nitrogen and oxygen atoms in total. The minimum absolute atomic E-state index is 0.397. The second kappa shape index (κ2) is 6.05. The fourth-order valence-electron chi connectivity index (χ4n) is 4.26. The van der Waals surface area contributed by atoms with Crippen molar-refractivity contribution in [1.82, 2.24) is 0 Å². The zero-order valence-corrected chi connectivity index (χ0v) is 10.7. The van der Waals surface area contributed by atoms with Crippen molar-refractivity contribution in [2.24, 2.45) is 11.3 Å². The van der Waals surface area contributed by atoms with Gasteiger partial charge in [0.05, 0.1) is 0 Å². The molecule has 1 heteroatoms. The second-order valence-electron chi connectivity index (χ2n) is 6.09. The largest absolute Gasteiger partial charge is 0.396 e. The standard InChI is InChI=1S/C15H28O/c16-13-7-12-15(10-5-2-6-11-15)14-8-3-1-4-9-14/h14,16H,1-13H2. The van der Waals surface area contributed by atoms with Crippen molar-refractivity contribution < 1.29 is 5.11 Å². The summed E-state index contributed by atoms with van der Waals surface area (Å²) in [6.45, 7) is 0.397. The molecule has 2 fully saturated rings. The van der Waals surface area contributed by atoms with Gasteiger partial charge in [0.2, 0.25) is 0 Å². The van der Waals surface area contributed by atoms with E-state index in [-0.39, 0.29) is 0 Å². The normalized spacial score (nSPS) is 26.8. The van der Waals surface area contributed by atoms with E-state index in [1.54, 1.807) is 0 Å². The Bertz CT molecular complexity index is 188. The highest BCUT2D eigenvalue weighted by atomic mass is 16.2. The van der Waals surface area contributed by atoms with Gasteiger partial charge in [0.15, 0.2) is 0 Å². The van der Waals surface area contributed by atoms with Crippen molar-refractivity contribution >= 4 is 0 Å². The van der Waals surface area contributed by atoms with E-state index in [0.717, 1.165) is 12.3 Å². The van der Waals surface area contributed by atoms with Gasteiger partial charge in [0, 0.05) is 6.61 Å². The second-order valence-corrected chi connectivity index (χ2v) is 6.09. The van der Waals surface area contributed by atoms with Crippen LogP contribution < -0.4 is 0 Å². The Hall–Kier alpha value is -0.0400. The number of hydrogen-bond donors (Lipinski definition) is 1. The van der Waals surface area contributed by atoms with Crippen molar-refractivity contribution in [1.29, 1.82) is 0 Å². The van der Waals surface area contributed by atoms with Gasteiger partial charge >= 0.3 is 0 Å². The maximum atomic E-state index is 9.11. The van der Waals surface area contributed by atoms with Crippen LogP contribution in [0.15, 0.2) is 0 Å². The molecule has 0 heterocycles. The summed E-state index contributed by atoms with van der Waals surface area (Å²) in [4.78, 5) is 0. The number of aliphatic hydroxyl groups excluding tert-OH is 1. The molecule has 0 amide bonds. The van der Waals surface area contributed by atoms with Gasteiger partial charge in [0.1, 0.15) is 0 Å². The van der Waals surface area contributed by atoms with E-state index < -0.39 is 0 Å². The Kier molecular flexibility index (Phi) is 4.69. The molecule has 0 bridgehead atoms. The minimum atomic E-state index is 0.397. The predicted octanol–water partition coefficient (Wildman–Crippen LogP) is 4.29. The average Bonchev–Trinajstić information content (AvgIpc) is 2.38. The van der Waals surface area contributed by atoms with Crippen molar-refractivity contribution in [2.45, 2.75) is 77.0 Å². The van der Waals surface area contributed by atoms with Crippen molar-refractivity contribution in [2.75, 3.05) is 6.61 Å². The van der Waals surface area contributed by atoms with Crippen molar-refractivity contribution in [3.05, 3.63) is 0 Å². The summed E-state index contributed by atoms with van der Waals surface area (Å²) in [5.74, 6) is 0.994. The predicted molar refractivity (Wildman–Crippen MR) is 68.4 cm³/mol.